The first-order valence-electron chi connectivity index (χ1n) is 6.53. The Bertz CT molecular complexity index is 702. The van der Waals surface area contributed by atoms with Gasteiger partial charge >= 0.3 is 0 Å². The average molecular weight is 325 g/mol. The number of aryl methyl sites for hydroxylation is 2. The molecule has 7 heteroatoms. The fourth-order valence-electron chi connectivity index (χ4n) is 2.19. The van der Waals surface area contributed by atoms with Gasteiger partial charge in [-0.1, -0.05) is 12.1 Å². The second kappa shape index (κ2) is 6.21. The van der Waals surface area contributed by atoms with Crippen LogP contribution in [0.3, 0.4) is 0 Å². The van der Waals surface area contributed by atoms with Crippen molar-refractivity contribution in [3.05, 3.63) is 41.2 Å². The summed E-state index contributed by atoms with van der Waals surface area (Å²) >= 11 is 1.65. The van der Waals surface area contributed by atoms with E-state index in [4.69, 9.17) is 0 Å². The van der Waals surface area contributed by atoms with Gasteiger partial charge < -0.3 is 0 Å². The van der Waals surface area contributed by atoms with E-state index in [1.807, 2.05) is 37.4 Å². The highest BCUT2D eigenvalue weighted by molar-refractivity contribution is 7.98. The second-order valence-corrected chi connectivity index (χ2v) is 7.41. The van der Waals surface area contributed by atoms with Crippen molar-refractivity contribution in [2.45, 2.75) is 36.6 Å². The number of nitrogens with zero attached hydrogens (tertiary/aromatic N) is 1. The van der Waals surface area contributed by atoms with Crippen molar-refractivity contribution in [3.63, 3.8) is 0 Å². The van der Waals surface area contributed by atoms with E-state index in [0.717, 1.165) is 10.5 Å². The molecule has 0 aliphatic heterocycles. The molecule has 0 spiro atoms. The maximum Gasteiger partial charge on any atom is 0.244 e. The zero-order chi connectivity index (χ0) is 15.6. The highest BCUT2D eigenvalue weighted by Gasteiger charge is 2.24. The van der Waals surface area contributed by atoms with E-state index in [-0.39, 0.29) is 10.9 Å². The largest absolute Gasteiger partial charge is 0.281 e. The third-order valence-electron chi connectivity index (χ3n) is 3.28. The summed E-state index contributed by atoms with van der Waals surface area (Å²) in [7, 11) is -3.59. The van der Waals surface area contributed by atoms with Crippen molar-refractivity contribution >= 4 is 21.8 Å². The number of H-pyrrole nitrogens is 1. The summed E-state index contributed by atoms with van der Waals surface area (Å²) in [5.41, 5.74) is 1.95. The third kappa shape index (κ3) is 3.48. The Kier molecular flexibility index (Phi) is 4.75. The van der Waals surface area contributed by atoms with Gasteiger partial charge in [0, 0.05) is 10.9 Å². The van der Waals surface area contributed by atoms with Crippen LogP contribution in [0.1, 0.15) is 29.9 Å². The molecule has 2 rings (SSSR count). The molecule has 5 nitrogen and oxygen atoms in total. The minimum Gasteiger partial charge on any atom is -0.281 e. The highest BCUT2D eigenvalue weighted by atomic mass is 32.2. The number of rotatable bonds is 5. The van der Waals surface area contributed by atoms with Gasteiger partial charge in [-0.25, -0.2) is 13.1 Å². The minimum absolute atomic E-state index is 0.232. The standard InChI is InChI=1S/C14H19N3O2S2/c1-9(12-5-7-13(20-4)8-6-12)17-21(18,19)14-10(2)15-16-11(14)3/h5-9,17H,1-4H3,(H,15,16). The number of benzene rings is 1. The normalized spacial score (nSPS) is 13.3. The molecule has 0 aliphatic carbocycles. The van der Waals surface area contributed by atoms with Crippen LogP contribution in [0.15, 0.2) is 34.1 Å². The lowest BCUT2D eigenvalue weighted by Gasteiger charge is -2.15. The summed E-state index contributed by atoms with van der Waals surface area (Å²) in [5, 5.41) is 6.64. The molecule has 0 radical (unpaired) electrons. The first kappa shape index (κ1) is 16.1. The summed E-state index contributed by atoms with van der Waals surface area (Å²) in [6.45, 7) is 5.21. The van der Waals surface area contributed by atoms with Crippen molar-refractivity contribution in [2.24, 2.45) is 0 Å². The Morgan fingerprint density at radius 1 is 1.24 bits per heavy atom. The molecule has 1 unspecified atom stereocenters. The maximum absolute atomic E-state index is 12.5. The van der Waals surface area contributed by atoms with Crippen LogP contribution in [0, 0.1) is 13.8 Å². The first-order valence-corrected chi connectivity index (χ1v) is 9.24. The Labute approximate surface area is 129 Å². The van der Waals surface area contributed by atoms with Crippen molar-refractivity contribution in [1.29, 1.82) is 0 Å². The predicted molar refractivity (Wildman–Crippen MR) is 85.0 cm³/mol. The molecule has 1 aromatic carbocycles. The Morgan fingerprint density at radius 3 is 2.33 bits per heavy atom. The van der Waals surface area contributed by atoms with Gasteiger partial charge in [0.2, 0.25) is 10.0 Å². The molecule has 0 bridgehead atoms. The number of hydrogen-bond donors (Lipinski definition) is 2. The van der Waals surface area contributed by atoms with E-state index >= 15 is 0 Å². The van der Waals surface area contributed by atoms with Crippen molar-refractivity contribution in [3.8, 4) is 0 Å². The second-order valence-electron chi connectivity index (χ2n) is 4.88. The molecular formula is C14H19N3O2S2. The monoisotopic (exact) mass is 325 g/mol. The number of sulfonamides is 1. The van der Waals surface area contributed by atoms with Gasteiger partial charge in [0.05, 0.1) is 11.4 Å². The quantitative estimate of drug-likeness (QED) is 0.829. The lowest BCUT2D eigenvalue weighted by Crippen LogP contribution is -2.27. The lowest BCUT2D eigenvalue weighted by atomic mass is 10.1. The van der Waals surface area contributed by atoms with E-state index in [1.165, 1.54) is 0 Å². The molecule has 21 heavy (non-hydrogen) atoms. The summed E-state index contributed by atoms with van der Waals surface area (Å²) in [4.78, 5) is 1.38. The smallest absolute Gasteiger partial charge is 0.244 e. The van der Waals surface area contributed by atoms with Crippen LogP contribution in [0.5, 0.6) is 0 Å². The molecule has 114 valence electrons. The van der Waals surface area contributed by atoms with Crippen LogP contribution in [-0.2, 0) is 10.0 Å². The molecule has 0 aliphatic rings. The molecule has 0 saturated heterocycles. The molecule has 1 heterocycles. The van der Waals surface area contributed by atoms with Gasteiger partial charge in [0.15, 0.2) is 0 Å². The molecular weight excluding hydrogens is 306 g/mol. The van der Waals surface area contributed by atoms with E-state index in [9.17, 15) is 8.42 Å². The van der Waals surface area contributed by atoms with E-state index in [0.29, 0.717) is 11.4 Å². The molecule has 2 N–H and O–H groups in total. The molecule has 2 aromatic rings. The highest BCUT2D eigenvalue weighted by Crippen LogP contribution is 2.22. The SMILES string of the molecule is CSc1ccc(C(C)NS(=O)(=O)c2c(C)n[nH]c2C)cc1. The van der Waals surface area contributed by atoms with Gasteiger partial charge in [-0.05, 0) is 44.7 Å². The van der Waals surface area contributed by atoms with Crippen LogP contribution in [0.4, 0.5) is 0 Å². The number of aromatic amines is 1. The zero-order valence-corrected chi connectivity index (χ0v) is 14.1. The Balaban J connectivity index is 2.23. The maximum atomic E-state index is 12.5. The summed E-state index contributed by atoms with van der Waals surface area (Å²) < 4.78 is 27.6. The fraction of sp³-hybridized carbons (Fsp3) is 0.357. The van der Waals surface area contributed by atoms with Crippen LogP contribution in [0.25, 0.3) is 0 Å². The van der Waals surface area contributed by atoms with E-state index in [2.05, 4.69) is 14.9 Å². The van der Waals surface area contributed by atoms with Gasteiger partial charge in [-0.3, -0.25) is 5.10 Å². The zero-order valence-electron chi connectivity index (χ0n) is 12.5. The van der Waals surface area contributed by atoms with Gasteiger partial charge in [0.1, 0.15) is 4.90 Å². The summed E-state index contributed by atoms with van der Waals surface area (Å²) in [6, 6.07) is 7.54. The molecule has 1 aromatic heterocycles. The number of aromatic nitrogens is 2. The molecule has 0 saturated carbocycles. The Hall–Kier alpha value is -1.31. The molecule has 0 fully saturated rings. The van der Waals surface area contributed by atoms with Gasteiger partial charge in [-0.2, -0.15) is 5.10 Å². The minimum atomic E-state index is -3.59. The third-order valence-corrected chi connectivity index (χ3v) is 5.82. The summed E-state index contributed by atoms with van der Waals surface area (Å²) in [5.74, 6) is 0. The molecule has 1 atom stereocenters. The van der Waals surface area contributed by atoms with Gasteiger partial charge in [0.25, 0.3) is 0 Å². The predicted octanol–water partition coefficient (Wildman–Crippen LogP) is 2.79. The lowest BCUT2D eigenvalue weighted by molar-refractivity contribution is 0.565. The van der Waals surface area contributed by atoms with Crippen LogP contribution >= 0.6 is 11.8 Å². The van der Waals surface area contributed by atoms with E-state index < -0.39 is 10.0 Å². The van der Waals surface area contributed by atoms with Crippen molar-refractivity contribution in [1.82, 2.24) is 14.9 Å². The number of hydrogen-bond acceptors (Lipinski definition) is 4. The van der Waals surface area contributed by atoms with Crippen LogP contribution in [-0.4, -0.2) is 24.9 Å². The Morgan fingerprint density at radius 2 is 1.86 bits per heavy atom. The average Bonchev–Trinajstić information content (AvgIpc) is 2.78. The van der Waals surface area contributed by atoms with Crippen LogP contribution < -0.4 is 4.72 Å². The van der Waals surface area contributed by atoms with Gasteiger partial charge in [-0.15, -0.1) is 11.8 Å². The van der Waals surface area contributed by atoms with Crippen LogP contribution in [0.2, 0.25) is 0 Å². The van der Waals surface area contributed by atoms with Crippen molar-refractivity contribution < 1.29 is 8.42 Å². The topological polar surface area (TPSA) is 74.8 Å². The first-order chi connectivity index (χ1) is 9.85. The summed E-state index contributed by atoms with van der Waals surface area (Å²) in [6.07, 6.45) is 2.01. The van der Waals surface area contributed by atoms with E-state index in [1.54, 1.807) is 25.6 Å². The molecule has 0 amide bonds. The number of thioether (sulfide) groups is 1. The fourth-order valence-corrected chi connectivity index (χ4v) is 4.20. The van der Waals surface area contributed by atoms with Crippen molar-refractivity contribution in [2.75, 3.05) is 6.26 Å². The number of nitrogens with one attached hydrogen (secondary N) is 2.